The average Bonchev–Trinajstić information content (AvgIpc) is 2.88. The molecule has 1 aromatic carbocycles. The van der Waals surface area contributed by atoms with Crippen LogP contribution < -0.4 is 5.32 Å². The summed E-state index contributed by atoms with van der Waals surface area (Å²) in [6, 6.07) is 4.73. The van der Waals surface area contributed by atoms with Gasteiger partial charge < -0.3 is 9.73 Å². The lowest BCUT2D eigenvalue weighted by Gasteiger charge is -2.07. The van der Waals surface area contributed by atoms with E-state index >= 15 is 0 Å². The number of hydrogen-bond donors (Lipinski definition) is 1. The molecule has 0 saturated carbocycles. The number of non-ortho nitro benzene ring substituents is 1. The van der Waals surface area contributed by atoms with E-state index in [0.29, 0.717) is 11.7 Å². The van der Waals surface area contributed by atoms with Crippen molar-refractivity contribution in [2.75, 3.05) is 6.54 Å². The molecule has 0 amide bonds. The van der Waals surface area contributed by atoms with Crippen molar-refractivity contribution >= 4 is 5.69 Å². The molecule has 2 rings (SSSR count). The van der Waals surface area contributed by atoms with Crippen molar-refractivity contribution < 1.29 is 9.34 Å². The first-order chi connectivity index (χ1) is 9.52. The van der Waals surface area contributed by atoms with Crippen LogP contribution in [0.25, 0.3) is 11.3 Å². The number of nitro benzene ring substituents is 1. The summed E-state index contributed by atoms with van der Waals surface area (Å²) < 4.78 is 5.72. The molecule has 0 aliphatic rings. The van der Waals surface area contributed by atoms with Crippen molar-refractivity contribution in [2.45, 2.75) is 26.8 Å². The van der Waals surface area contributed by atoms with Crippen LogP contribution in [0.4, 0.5) is 5.69 Å². The highest BCUT2D eigenvalue weighted by molar-refractivity contribution is 5.63. The van der Waals surface area contributed by atoms with E-state index in [4.69, 9.17) is 4.42 Å². The SMILES string of the molecule is CCNC(C)c1ncc(-c2ccc([N+](=O)[O-])cc2C)o1. The smallest absolute Gasteiger partial charge is 0.269 e. The Kier molecular flexibility index (Phi) is 4.14. The zero-order valence-electron chi connectivity index (χ0n) is 11.7. The molecule has 0 radical (unpaired) electrons. The molecule has 1 aromatic heterocycles. The van der Waals surface area contributed by atoms with Gasteiger partial charge in [0.1, 0.15) is 0 Å². The summed E-state index contributed by atoms with van der Waals surface area (Å²) in [7, 11) is 0. The van der Waals surface area contributed by atoms with Crippen molar-refractivity contribution in [1.82, 2.24) is 10.3 Å². The molecule has 0 bridgehead atoms. The molecule has 106 valence electrons. The van der Waals surface area contributed by atoms with Gasteiger partial charge in [-0.05, 0) is 32.0 Å². The number of rotatable bonds is 5. The van der Waals surface area contributed by atoms with Crippen LogP contribution in [0, 0.1) is 17.0 Å². The summed E-state index contributed by atoms with van der Waals surface area (Å²) in [5.41, 5.74) is 1.68. The normalized spacial score (nSPS) is 12.3. The third-order valence-corrected chi connectivity index (χ3v) is 3.09. The number of nitrogens with zero attached hydrogens (tertiary/aromatic N) is 2. The monoisotopic (exact) mass is 275 g/mol. The number of nitrogens with one attached hydrogen (secondary N) is 1. The Morgan fingerprint density at radius 2 is 2.25 bits per heavy atom. The summed E-state index contributed by atoms with van der Waals surface area (Å²) in [5, 5.41) is 13.9. The van der Waals surface area contributed by atoms with Crippen LogP contribution in [0.3, 0.4) is 0 Å². The van der Waals surface area contributed by atoms with Crippen LogP contribution >= 0.6 is 0 Å². The first kappa shape index (κ1) is 14.2. The minimum atomic E-state index is -0.407. The fourth-order valence-corrected chi connectivity index (χ4v) is 2.04. The fourth-order valence-electron chi connectivity index (χ4n) is 2.04. The summed E-state index contributed by atoms with van der Waals surface area (Å²) in [4.78, 5) is 14.6. The average molecular weight is 275 g/mol. The second-order valence-corrected chi connectivity index (χ2v) is 4.60. The van der Waals surface area contributed by atoms with E-state index < -0.39 is 4.92 Å². The molecular formula is C14H17N3O3. The van der Waals surface area contributed by atoms with Gasteiger partial charge in [0, 0.05) is 17.7 Å². The molecule has 0 aliphatic carbocycles. The molecule has 1 N–H and O–H groups in total. The molecule has 1 atom stereocenters. The lowest BCUT2D eigenvalue weighted by Crippen LogP contribution is -2.17. The summed E-state index contributed by atoms with van der Waals surface area (Å²) in [6.45, 7) is 6.64. The van der Waals surface area contributed by atoms with Crippen LogP contribution in [-0.4, -0.2) is 16.5 Å². The highest BCUT2D eigenvalue weighted by Gasteiger charge is 2.15. The Balaban J connectivity index is 2.30. The topological polar surface area (TPSA) is 81.2 Å². The van der Waals surface area contributed by atoms with Crippen LogP contribution in [0.1, 0.15) is 31.3 Å². The second-order valence-electron chi connectivity index (χ2n) is 4.60. The maximum atomic E-state index is 10.7. The van der Waals surface area contributed by atoms with Crippen molar-refractivity contribution in [3.8, 4) is 11.3 Å². The highest BCUT2D eigenvalue weighted by atomic mass is 16.6. The molecule has 2 aromatic rings. The van der Waals surface area contributed by atoms with Gasteiger partial charge >= 0.3 is 0 Å². The van der Waals surface area contributed by atoms with Crippen molar-refractivity contribution in [1.29, 1.82) is 0 Å². The third-order valence-electron chi connectivity index (χ3n) is 3.09. The molecule has 0 fully saturated rings. The standard InChI is InChI=1S/C14H17N3O3/c1-4-15-10(3)14-16-8-13(20-14)12-6-5-11(17(18)19)7-9(12)2/h5-8,10,15H,4H2,1-3H3. The van der Waals surface area contributed by atoms with E-state index in [1.54, 1.807) is 12.3 Å². The van der Waals surface area contributed by atoms with E-state index in [-0.39, 0.29) is 11.7 Å². The predicted octanol–water partition coefficient (Wildman–Crippen LogP) is 3.23. The van der Waals surface area contributed by atoms with Gasteiger partial charge in [-0.2, -0.15) is 0 Å². The molecule has 6 nitrogen and oxygen atoms in total. The van der Waals surface area contributed by atoms with Crippen LogP contribution in [0.15, 0.2) is 28.8 Å². The van der Waals surface area contributed by atoms with Gasteiger partial charge in [0.05, 0.1) is 17.2 Å². The maximum absolute atomic E-state index is 10.7. The first-order valence-corrected chi connectivity index (χ1v) is 6.47. The minimum absolute atomic E-state index is 0.0344. The molecular weight excluding hydrogens is 258 g/mol. The number of benzene rings is 1. The van der Waals surface area contributed by atoms with Gasteiger partial charge in [-0.1, -0.05) is 6.92 Å². The highest BCUT2D eigenvalue weighted by Crippen LogP contribution is 2.28. The lowest BCUT2D eigenvalue weighted by molar-refractivity contribution is -0.384. The number of hydrogen-bond acceptors (Lipinski definition) is 5. The van der Waals surface area contributed by atoms with Crippen molar-refractivity contribution in [3.05, 3.63) is 46.0 Å². The number of nitro groups is 1. The van der Waals surface area contributed by atoms with Crippen LogP contribution in [0.2, 0.25) is 0 Å². The molecule has 0 saturated heterocycles. The summed E-state index contributed by atoms with van der Waals surface area (Å²) in [6.07, 6.45) is 1.65. The van der Waals surface area contributed by atoms with Crippen molar-refractivity contribution in [3.63, 3.8) is 0 Å². The van der Waals surface area contributed by atoms with E-state index in [1.807, 2.05) is 20.8 Å². The number of oxazole rings is 1. The lowest BCUT2D eigenvalue weighted by atomic mass is 10.1. The fraction of sp³-hybridized carbons (Fsp3) is 0.357. The van der Waals surface area contributed by atoms with Crippen LogP contribution in [-0.2, 0) is 0 Å². The van der Waals surface area contributed by atoms with E-state index in [9.17, 15) is 10.1 Å². The quantitative estimate of drug-likeness (QED) is 0.669. The molecule has 1 unspecified atom stereocenters. The Labute approximate surface area is 117 Å². The number of aryl methyl sites for hydroxylation is 1. The summed E-state index contributed by atoms with van der Waals surface area (Å²) >= 11 is 0. The third kappa shape index (κ3) is 2.85. The van der Waals surface area contributed by atoms with Gasteiger partial charge in [0.2, 0.25) is 5.89 Å². The Hall–Kier alpha value is -2.21. The van der Waals surface area contributed by atoms with Gasteiger partial charge in [-0.3, -0.25) is 10.1 Å². The maximum Gasteiger partial charge on any atom is 0.269 e. The van der Waals surface area contributed by atoms with Gasteiger partial charge in [-0.25, -0.2) is 4.98 Å². The predicted molar refractivity (Wildman–Crippen MR) is 75.4 cm³/mol. The second kappa shape index (κ2) is 5.83. The van der Waals surface area contributed by atoms with Gasteiger partial charge in [0.25, 0.3) is 5.69 Å². The molecule has 0 spiro atoms. The molecule has 1 heterocycles. The summed E-state index contributed by atoms with van der Waals surface area (Å²) in [5.74, 6) is 1.23. The van der Waals surface area contributed by atoms with E-state index in [2.05, 4.69) is 10.3 Å². The van der Waals surface area contributed by atoms with Gasteiger partial charge in [-0.15, -0.1) is 0 Å². The molecule has 20 heavy (non-hydrogen) atoms. The largest absolute Gasteiger partial charge is 0.439 e. The van der Waals surface area contributed by atoms with E-state index in [1.165, 1.54) is 12.1 Å². The number of aromatic nitrogens is 1. The zero-order chi connectivity index (χ0) is 14.7. The zero-order valence-corrected chi connectivity index (χ0v) is 11.7. The minimum Gasteiger partial charge on any atom is -0.439 e. The van der Waals surface area contributed by atoms with Crippen molar-refractivity contribution in [2.24, 2.45) is 0 Å². The Bertz CT molecular complexity index is 622. The van der Waals surface area contributed by atoms with Gasteiger partial charge in [0.15, 0.2) is 5.76 Å². The van der Waals surface area contributed by atoms with Crippen LogP contribution in [0.5, 0.6) is 0 Å². The Morgan fingerprint density at radius 3 is 2.85 bits per heavy atom. The Morgan fingerprint density at radius 1 is 1.50 bits per heavy atom. The molecule has 6 heteroatoms. The van der Waals surface area contributed by atoms with E-state index in [0.717, 1.165) is 17.7 Å². The molecule has 0 aliphatic heterocycles. The first-order valence-electron chi connectivity index (χ1n) is 6.47.